The topological polar surface area (TPSA) is 114 Å². The third-order valence-electron chi connectivity index (χ3n) is 5.30. The zero-order valence-electron chi connectivity index (χ0n) is 17.1. The number of carbonyl (C=O) groups excluding carboxylic acids is 2. The predicted octanol–water partition coefficient (Wildman–Crippen LogP) is 2.99. The molecule has 1 fully saturated rings. The van der Waals surface area contributed by atoms with Crippen LogP contribution >= 0.6 is 11.6 Å². The van der Waals surface area contributed by atoms with Crippen molar-refractivity contribution in [3.8, 4) is 5.69 Å². The van der Waals surface area contributed by atoms with Crippen LogP contribution in [0.3, 0.4) is 0 Å². The van der Waals surface area contributed by atoms with Gasteiger partial charge in [-0.2, -0.15) is 0 Å². The quantitative estimate of drug-likeness (QED) is 0.330. The van der Waals surface area contributed by atoms with Crippen LogP contribution in [-0.4, -0.2) is 62.7 Å². The molecule has 1 amide bonds. The van der Waals surface area contributed by atoms with Crippen LogP contribution in [0.1, 0.15) is 27.8 Å². The molecule has 3 aromatic rings. The summed E-state index contributed by atoms with van der Waals surface area (Å²) in [5.41, 5.74) is 2.15. The Bertz CT molecular complexity index is 1190. The molecule has 0 bridgehead atoms. The van der Waals surface area contributed by atoms with Gasteiger partial charge in [0, 0.05) is 43.9 Å². The average molecular weight is 455 g/mol. The van der Waals surface area contributed by atoms with E-state index in [-0.39, 0.29) is 23.1 Å². The van der Waals surface area contributed by atoms with Crippen molar-refractivity contribution in [1.29, 1.82) is 0 Å². The van der Waals surface area contributed by atoms with E-state index in [0.717, 1.165) is 0 Å². The van der Waals surface area contributed by atoms with Crippen LogP contribution in [0.15, 0.2) is 48.7 Å². The minimum atomic E-state index is -0.489. The normalized spacial score (nSPS) is 13.8. The molecule has 2 heterocycles. The summed E-state index contributed by atoms with van der Waals surface area (Å²) in [6.07, 6.45) is 1.56. The smallest absolute Gasteiger partial charge is 0.276 e. The molecule has 32 heavy (non-hydrogen) atoms. The Morgan fingerprint density at radius 2 is 1.75 bits per heavy atom. The molecule has 2 aromatic carbocycles. The van der Waals surface area contributed by atoms with Gasteiger partial charge in [0.1, 0.15) is 0 Å². The van der Waals surface area contributed by atoms with E-state index in [1.54, 1.807) is 41.4 Å². The lowest BCUT2D eigenvalue weighted by atomic mass is 10.1. The lowest BCUT2D eigenvalue weighted by Crippen LogP contribution is -2.49. The first-order valence-corrected chi connectivity index (χ1v) is 10.2. The van der Waals surface area contributed by atoms with Gasteiger partial charge < -0.3 is 9.80 Å². The molecule has 1 aliphatic rings. The van der Waals surface area contributed by atoms with E-state index in [1.807, 2.05) is 4.90 Å². The van der Waals surface area contributed by atoms with Crippen LogP contribution in [0.5, 0.6) is 0 Å². The number of hydrogen-bond acceptors (Lipinski definition) is 7. The Hall–Kier alpha value is -3.79. The molecular formula is C21H19ClN6O4. The summed E-state index contributed by atoms with van der Waals surface area (Å²) in [6.45, 7) is 3.46. The van der Waals surface area contributed by atoms with Crippen molar-refractivity contribution in [3.63, 3.8) is 0 Å². The standard InChI is InChI=1S/C21H19ClN6O4/c1-14(29)15-2-4-16(5-3-15)27-13-19(23-24-27)21(30)26-10-8-25(9-11-26)20-7-6-17(28(31)32)12-18(20)22/h2-7,12-13H,8-11H2,1H3. The van der Waals surface area contributed by atoms with Gasteiger partial charge in [-0.15, -0.1) is 5.10 Å². The number of halogens is 1. The monoisotopic (exact) mass is 454 g/mol. The summed E-state index contributed by atoms with van der Waals surface area (Å²) >= 11 is 6.22. The molecule has 0 aliphatic carbocycles. The molecule has 0 unspecified atom stereocenters. The maximum absolute atomic E-state index is 12.9. The van der Waals surface area contributed by atoms with Crippen LogP contribution in [0, 0.1) is 10.1 Å². The van der Waals surface area contributed by atoms with E-state index in [4.69, 9.17) is 11.6 Å². The highest BCUT2D eigenvalue weighted by Gasteiger charge is 2.26. The minimum Gasteiger partial charge on any atom is -0.367 e. The van der Waals surface area contributed by atoms with Gasteiger partial charge in [0.2, 0.25) is 0 Å². The number of carbonyl (C=O) groups is 2. The van der Waals surface area contributed by atoms with Crippen molar-refractivity contribution < 1.29 is 14.5 Å². The number of benzene rings is 2. The van der Waals surface area contributed by atoms with Crippen LogP contribution in [0.4, 0.5) is 11.4 Å². The molecule has 0 radical (unpaired) electrons. The number of piperazine rings is 1. The minimum absolute atomic E-state index is 0.0276. The number of Topliss-reactive ketones (excluding diaryl/α,β-unsaturated/α-hetero) is 1. The van der Waals surface area contributed by atoms with Gasteiger partial charge in [-0.05, 0) is 37.3 Å². The number of rotatable bonds is 5. The van der Waals surface area contributed by atoms with Crippen molar-refractivity contribution >= 4 is 34.7 Å². The van der Waals surface area contributed by atoms with Gasteiger partial charge in [0.25, 0.3) is 11.6 Å². The summed E-state index contributed by atoms with van der Waals surface area (Å²) in [5.74, 6) is -0.258. The molecular weight excluding hydrogens is 436 g/mol. The molecule has 0 spiro atoms. The number of non-ortho nitro benzene ring substituents is 1. The fraction of sp³-hybridized carbons (Fsp3) is 0.238. The number of amides is 1. The lowest BCUT2D eigenvalue weighted by Gasteiger charge is -2.36. The molecule has 1 aromatic heterocycles. The number of nitro benzene ring substituents is 1. The second kappa shape index (κ2) is 8.75. The zero-order chi connectivity index (χ0) is 22.8. The lowest BCUT2D eigenvalue weighted by molar-refractivity contribution is -0.384. The van der Waals surface area contributed by atoms with Gasteiger partial charge in [-0.3, -0.25) is 19.7 Å². The Labute approximate surface area is 188 Å². The number of ketones is 1. The third-order valence-corrected chi connectivity index (χ3v) is 5.60. The zero-order valence-corrected chi connectivity index (χ0v) is 17.9. The van der Waals surface area contributed by atoms with Gasteiger partial charge in [-0.25, -0.2) is 4.68 Å². The molecule has 10 nitrogen and oxygen atoms in total. The van der Waals surface area contributed by atoms with Gasteiger partial charge >= 0.3 is 0 Å². The number of aromatic nitrogens is 3. The van der Waals surface area contributed by atoms with Gasteiger partial charge in [0.15, 0.2) is 11.5 Å². The van der Waals surface area contributed by atoms with E-state index in [1.165, 1.54) is 23.7 Å². The van der Waals surface area contributed by atoms with E-state index in [2.05, 4.69) is 10.3 Å². The first-order chi connectivity index (χ1) is 15.3. The van der Waals surface area contributed by atoms with Crippen molar-refractivity contribution in [2.45, 2.75) is 6.92 Å². The van der Waals surface area contributed by atoms with Crippen molar-refractivity contribution in [1.82, 2.24) is 19.9 Å². The Kier molecular flexibility index (Phi) is 5.87. The second-order valence-electron chi connectivity index (χ2n) is 7.32. The second-order valence-corrected chi connectivity index (χ2v) is 7.73. The molecule has 1 aliphatic heterocycles. The highest BCUT2D eigenvalue weighted by atomic mass is 35.5. The number of nitrogens with zero attached hydrogens (tertiary/aromatic N) is 6. The Morgan fingerprint density at radius 3 is 2.34 bits per heavy atom. The van der Waals surface area contributed by atoms with Crippen LogP contribution in [-0.2, 0) is 0 Å². The van der Waals surface area contributed by atoms with Crippen LogP contribution in [0.25, 0.3) is 5.69 Å². The molecule has 4 rings (SSSR count). The number of nitro groups is 1. The molecule has 11 heteroatoms. The fourth-order valence-electron chi connectivity index (χ4n) is 3.52. The first kappa shape index (κ1) is 21.4. The van der Waals surface area contributed by atoms with E-state index < -0.39 is 4.92 Å². The van der Waals surface area contributed by atoms with Crippen molar-refractivity contribution in [3.05, 3.63) is 75.1 Å². The Morgan fingerprint density at radius 1 is 1.06 bits per heavy atom. The molecule has 0 N–H and O–H groups in total. The fourth-order valence-corrected chi connectivity index (χ4v) is 3.81. The van der Waals surface area contributed by atoms with E-state index >= 15 is 0 Å². The van der Waals surface area contributed by atoms with Gasteiger partial charge in [-0.1, -0.05) is 16.8 Å². The number of anilines is 1. The highest BCUT2D eigenvalue weighted by Crippen LogP contribution is 2.30. The summed E-state index contributed by atoms with van der Waals surface area (Å²) < 4.78 is 1.49. The summed E-state index contributed by atoms with van der Waals surface area (Å²) in [7, 11) is 0. The maximum atomic E-state index is 12.9. The van der Waals surface area contributed by atoms with E-state index in [0.29, 0.717) is 48.1 Å². The molecule has 1 saturated heterocycles. The summed E-state index contributed by atoms with van der Waals surface area (Å²) in [5, 5.41) is 19.2. The largest absolute Gasteiger partial charge is 0.367 e. The average Bonchev–Trinajstić information content (AvgIpc) is 3.29. The van der Waals surface area contributed by atoms with Crippen molar-refractivity contribution in [2.75, 3.05) is 31.1 Å². The van der Waals surface area contributed by atoms with Gasteiger partial charge in [0.05, 0.1) is 27.5 Å². The maximum Gasteiger partial charge on any atom is 0.276 e. The molecule has 0 atom stereocenters. The van der Waals surface area contributed by atoms with Crippen molar-refractivity contribution in [2.24, 2.45) is 0 Å². The predicted molar refractivity (Wildman–Crippen MR) is 118 cm³/mol. The van der Waals surface area contributed by atoms with Crippen LogP contribution in [0.2, 0.25) is 5.02 Å². The van der Waals surface area contributed by atoms with Crippen LogP contribution < -0.4 is 4.90 Å². The Balaban J connectivity index is 1.41. The molecule has 0 saturated carbocycles. The first-order valence-electron chi connectivity index (χ1n) is 9.85. The number of hydrogen-bond donors (Lipinski definition) is 0. The van der Waals surface area contributed by atoms with E-state index in [9.17, 15) is 19.7 Å². The highest BCUT2D eigenvalue weighted by molar-refractivity contribution is 6.33. The molecule has 164 valence electrons. The third kappa shape index (κ3) is 4.30. The summed E-state index contributed by atoms with van der Waals surface area (Å²) in [6, 6.07) is 11.3. The SMILES string of the molecule is CC(=O)c1ccc(-n2cc(C(=O)N3CCN(c4ccc([N+](=O)[O-])cc4Cl)CC3)nn2)cc1. The summed E-state index contributed by atoms with van der Waals surface area (Å²) in [4.78, 5) is 38.4.